The van der Waals surface area contributed by atoms with E-state index in [1.807, 2.05) is 44.2 Å². The molecule has 0 aromatic heterocycles. The summed E-state index contributed by atoms with van der Waals surface area (Å²) in [6.45, 7) is 4.62. The number of benzene rings is 3. The average molecular weight is 510 g/mol. The number of carbonyl (C=O) groups is 1. The fourth-order valence-corrected chi connectivity index (χ4v) is 4.74. The fourth-order valence-electron chi connectivity index (χ4n) is 3.33. The number of hydrogen-bond donors (Lipinski definition) is 1. The van der Waals surface area contributed by atoms with Crippen molar-refractivity contribution >= 4 is 22.1 Å². The van der Waals surface area contributed by atoms with Gasteiger partial charge in [0, 0.05) is 6.54 Å². The topological polar surface area (TPSA) is 97.3 Å². The molecule has 0 radical (unpaired) electrons. The zero-order valence-corrected chi connectivity index (χ0v) is 21.3. The molecule has 0 aliphatic rings. The standard InChI is InChI=1S/C27H31N3O5S/c1-3-17-35-25-16-15-23(18-26(25)34-4-2)19-28-29-27(31)21-30(20-22-11-7-5-8-12-22)36(32,33)24-13-9-6-10-14-24/h5-16,18-19H,3-4,17,20-21H2,1-2H3,(H,29,31)/b28-19+. The summed E-state index contributed by atoms with van der Waals surface area (Å²) in [6, 6.07) is 22.5. The van der Waals surface area contributed by atoms with E-state index < -0.39 is 22.5 Å². The third-order valence-electron chi connectivity index (χ3n) is 5.03. The number of hydrazone groups is 1. The number of carbonyl (C=O) groups excluding carboxylic acids is 1. The summed E-state index contributed by atoms with van der Waals surface area (Å²) in [5, 5.41) is 4.01. The fraction of sp³-hybridized carbons (Fsp3) is 0.259. The predicted octanol–water partition coefficient (Wildman–Crippen LogP) is 4.22. The highest BCUT2D eigenvalue weighted by molar-refractivity contribution is 7.89. The number of hydrogen-bond acceptors (Lipinski definition) is 6. The van der Waals surface area contributed by atoms with Gasteiger partial charge >= 0.3 is 0 Å². The molecule has 0 aliphatic heterocycles. The molecule has 8 nitrogen and oxygen atoms in total. The second-order valence-electron chi connectivity index (χ2n) is 7.85. The minimum atomic E-state index is -3.91. The molecule has 0 saturated heterocycles. The van der Waals surface area contributed by atoms with Crippen molar-refractivity contribution in [1.82, 2.24) is 9.73 Å². The number of ether oxygens (including phenoxy) is 2. The molecule has 0 atom stereocenters. The highest BCUT2D eigenvalue weighted by Crippen LogP contribution is 2.28. The second kappa shape index (κ2) is 13.4. The van der Waals surface area contributed by atoms with Gasteiger partial charge in [0.25, 0.3) is 5.91 Å². The molecule has 9 heteroatoms. The van der Waals surface area contributed by atoms with E-state index in [2.05, 4.69) is 10.5 Å². The van der Waals surface area contributed by atoms with E-state index in [0.717, 1.165) is 16.3 Å². The van der Waals surface area contributed by atoms with Crippen molar-refractivity contribution in [2.75, 3.05) is 19.8 Å². The van der Waals surface area contributed by atoms with Gasteiger partial charge in [0.05, 0.1) is 30.9 Å². The number of amides is 1. The third-order valence-corrected chi connectivity index (χ3v) is 6.84. The first kappa shape index (κ1) is 26.9. The van der Waals surface area contributed by atoms with Gasteiger partial charge < -0.3 is 9.47 Å². The Labute approximate surface area is 212 Å². The number of nitrogens with zero attached hydrogens (tertiary/aromatic N) is 2. The minimum Gasteiger partial charge on any atom is -0.490 e. The Morgan fingerprint density at radius 1 is 0.944 bits per heavy atom. The van der Waals surface area contributed by atoms with Gasteiger partial charge in [0.1, 0.15) is 0 Å². The van der Waals surface area contributed by atoms with E-state index in [9.17, 15) is 13.2 Å². The quantitative estimate of drug-likeness (QED) is 0.275. The van der Waals surface area contributed by atoms with Crippen LogP contribution in [-0.2, 0) is 21.4 Å². The molecular formula is C27H31N3O5S. The van der Waals surface area contributed by atoms with Crippen LogP contribution < -0.4 is 14.9 Å². The smallest absolute Gasteiger partial charge is 0.255 e. The third kappa shape index (κ3) is 7.66. The first-order valence-electron chi connectivity index (χ1n) is 11.7. The van der Waals surface area contributed by atoms with Crippen LogP contribution in [0.3, 0.4) is 0 Å². The van der Waals surface area contributed by atoms with Crippen molar-refractivity contribution in [1.29, 1.82) is 0 Å². The lowest BCUT2D eigenvalue weighted by Gasteiger charge is -2.21. The Morgan fingerprint density at radius 3 is 2.31 bits per heavy atom. The predicted molar refractivity (Wildman–Crippen MR) is 140 cm³/mol. The van der Waals surface area contributed by atoms with Gasteiger partial charge in [0.15, 0.2) is 11.5 Å². The summed E-state index contributed by atoms with van der Waals surface area (Å²) in [7, 11) is -3.91. The summed E-state index contributed by atoms with van der Waals surface area (Å²) in [5.41, 5.74) is 3.88. The Kier molecular flexibility index (Phi) is 10.0. The van der Waals surface area contributed by atoms with Crippen LogP contribution in [0.4, 0.5) is 0 Å². The van der Waals surface area contributed by atoms with Crippen LogP contribution >= 0.6 is 0 Å². The van der Waals surface area contributed by atoms with Crippen LogP contribution in [-0.4, -0.2) is 44.6 Å². The van der Waals surface area contributed by atoms with E-state index in [-0.39, 0.29) is 11.4 Å². The average Bonchev–Trinajstić information content (AvgIpc) is 2.89. The molecule has 0 fully saturated rings. The lowest BCUT2D eigenvalue weighted by molar-refractivity contribution is -0.121. The Balaban J connectivity index is 1.72. The molecule has 190 valence electrons. The van der Waals surface area contributed by atoms with Gasteiger partial charge in [-0.2, -0.15) is 9.41 Å². The van der Waals surface area contributed by atoms with E-state index >= 15 is 0 Å². The molecule has 0 unspecified atom stereocenters. The summed E-state index contributed by atoms with van der Waals surface area (Å²) < 4.78 is 39.0. The zero-order valence-electron chi connectivity index (χ0n) is 20.5. The van der Waals surface area contributed by atoms with Crippen molar-refractivity contribution in [2.45, 2.75) is 31.7 Å². The van der Waals surface area contributed by atoms with Gasteiger partial charge in [-0.05, 0) is 54.8 Å². The van der Waals surface area contributed by atoms with E-state index in [1.54, 1.807) is 36.4 Å². The zero-order chi connectivity index (χ0) is 25.8. The van der Waals surface area contributed by atoms with Gasteiger partial charge in [-0.3, -0.25) is 4.79 Å². The van der Waals surface area contributed by atoms with E-state index in [0.29, 0.717) is 30.3 Å². The van der Waals surface area contributed by atoms with E-state index in [4.69, 9.17) is 9.47 Å². The second-order valence-corrected chi connectivity index (χ2v) is 9.79. The maximum Gasteiger partial charge on any atom is 0.255 e. The van der Waals surface area contributed by atoms with Gasteiger partial charge in [0.2, 0.25) is 10.0 Å². The molecule has 0 spiro atoms. The van der Waals surface area contributed by atoms with Crippen molar-refractivity contribution in [3.8, 4) is 11.5 Å². The summed E-state index contributed by atoms with van der Waals surface area (Å²) in [5.74, 6) is 0.668. The molecule has 3 aromatic carbocycles. The molecule has 3 rings (SSSR count). The summed E-state index contributed by atoms with van der Waals surface area (Å²) in [4.78, 5) is 12.8. The molecule has 0 saturated carbocycles. The van der Waals surface area contributed by atoms with Crippen LogP contribution in [0.1, 0.15) is 31.4 Å². The molecule has 0 heterocycles. The molecule has 0 bridgehead atoms. The van der Waals surface area contributed by atoms with Gasteiger partial charge in [-0.1, -0.05) is 55.5 Å². The SMILES string of the molecule is CCCOc1ccc(/C=N/NC(=O)CN(Cc2ccccc2)S(=O)(=O)c2ccccc2)cc1OCC. The molecule has 3 aromatic rings. The normalized spacial score (nSPS) is 11.5. The maximum absolute atomic E-state index is 13.3. The first-order chi connectivity index (χ1) is 17.4. The van der Waals surface area contributed by atoms with Crippen LogP contribution in [0.25, 0.3) is 0 Å². The van der Waals surface area contributed by atoms with Crippen LogP contribution in [0, 0.1) is 0 Å². The van der Waals surface area contributed by atoms with Crippen molar-refractivity contribution in [2.24, 2.45) is 5.10 Å². The molecule has 1 N–H and O–H groups in total. The number of rotatable bonds is 13. The Hall–Kier alpha value is -3.69. The summed E-state index contributed by atoms with van der Waals surface area (Å²) >= 11 is 0. The molecular weight excluding hydrogens is 478 g/mol. The highest BCUT2D eigenvalue weighted by atomic mass is 32.2. The lowest BCUT2D eigenvalue weighted by atomic mass is 10.2. The first-order valence-corrected chi connectivity index (χ1v) is 13.2. The monoisotopic (exact) mass is 509 g/mol. The van der Waals surface area contributed by atoms with Crippen LogP contribution in [0.2, 0.25) is 0 Å². The largest absolute Gasteiger partial charge is 0.490 e. The minimum absolute atomic E-state index is 0.0478. The van der Waals surface area contributed by atoms with Crippen molar-refractivity contribution < 1.29 is 22.7 Å². The Morgan fingerprint density at radius 2 is 1.64 bits per heavy atom. The summed E-state index contributed by atoms with van der Waals surface area (Å²) in [6.07, 6.45) is 2.35. The van der Waals surface area contributed by atoms with Crippen molar-refractivity contribution in [3.63, 3.8) is 0 Å². The molecule has 1 amide bonds. The number of nitrogens with one attached hydrogen (secondary N) is 1. The van der Waals surface area contributed by atoms with Crippen LogP contribution in [0.5, 0.6) is 11.5 Å². The number of sulfonamides is 1. The lowest BCUT2D eigenvalue weighted by Crippen LogP contribution is -2.39. The van der Waals surface area contributed by atoms with Gasteiger partial charge in [-0.25, -0.2) is 13.8 Å². The highest BCUT2D eigenvalue weighted by Gasteiger charge is 2.26. The molecule has 0 aliphatic carbocycles. The maximum atomic E-state index is 13.3. The molecule has 36 heavy (non-hydrogen) atoms. The Bertz CT molecular complexity index is 1250. The van der Waals surface area contributed by atoms with Crippen molar-refractivity contribution in [3.05, 3.63) is 90.0 Å². The van der Waals surface area contributed by atoms with E-state index in [1.165, 1.54) is 18.3 Å². The van der Waals surface area contributed by atoms with Gasteiger partial charge in [-0.15, -0.1) is 0 Å². The van der Waals surface area contributed by atoms with Crippen LogP contribution in [0.15, 0.2) is 88.9 Å².